The van der Waals surface area contributed by atoms with Crippen molar-refractivity contribution in [1.29, 1.82) is 0 Å². The van der Waals surface area contributed by atoms with Crippen molar-refractivity contribution in [3.8, 4) is 11.4 Å². The van der Waals surface area contributed by atoms with E-state index < -0.39 is 16.7 Å². The molecule has 0 aliphatic heterocycles. The molecule has 0 radical (unpaired) electrons. The first-order chi connectivity index (χ1) is 16.5. The number of anilines is 2. The van der Waals surface area contributed by atoms with Crippen LogP contribution in [0.5, 0.6) is 5.75 Å². The van der Waals surface area contributed by atoms with Gasteiger partial charge in [0.15, 0.2) is 0 Å². The van der Waals surface area contributed by atoms with E-state index in [1.54, 1.807) is 54.7 Å². The number of ether oxygens (including phenoxy) is 1. The van der Waals surface area contributed by atoms with Crippen molar-refractivity contribution in [2.45, 2.75) is 0 Å². The lowest BCUT2D eigenvalue weighted by Gasteiger charge is -2.12. The fraction of sp³-hybridized carbons (Fsp3) is 0.0417. The second-order valence-corrected chi connectivity index (χ2v) is 7.12. The first-order valence-corrected chi connectivity index (χ1v) is 10.1. The van der Waals surface area contributed by atoms with Crippen LogP contribution in [0.4, 0.5) is 17.1 Å². The minimum Gasteiger partial charge on any atom is -0.497 e. The Kier molecular flexibility index (Phi) is 6.31. The van der Waals surface area contributed by atoms with Gasteiger partial charge in [0, 0.05) is 35.8 Å². The molecule has 0 atom stereocenters. The summed E-state index contributed by atoms with van der Waals surface area (Å²) < 4.78 is 6.65. The maximum atomic E-state index is 12.9. The summed E-state index contributed by atoms with van der Waals surface area (Å²) in [5.41, 5.74) is 1.10. The van der Waals surface area contributed by atoms with Crippen LogP contribution in [0.3, 0.4) is 0 Å². The lowest BCUT2D eigenvalue weighted by molar-refractivity contribution is -0.384. The lowest BCUT2D eigenvalue weighted by Crippen LogP contribution is -2.18. The average Bonchev–Trinajstić information content (AvgIpc) is 3.39. The van der Waals surface area contributed by atoms with Crippen LogP contribution in [-0.4, -0.2) is 33.4 Å². The van der Waals surface area contributed by atoms with Gasteiger partial charge in [-0.3, -0.25) is 19.7 Å². The number of carbonyl (C=O) groups excluding carboxylic acids is 2. The van der Waals surface area contributed by atoms with Gasteiger partial charge in [0.1, 0.15) is 11.4 Å². The SMILES string of the molecule is COc1cccc(NC(=O)c2ccccc2NC(=O)c2ccc(-n3ccnc3)c([N+](=O)[O-])c2)c1. The van der Waals surface area contributed by atoms with E-state index in [4.69, 9.17) is 4.74 Å². The van der Waals surface area contributed by atoms with Gasteiger partial charge in [-0.15, -0.1) is 0 Å². The van der Waals surface area contributed by atoms with Crippen molar-refractivity contribution in [1.82, 2.24) is 9.55 Å². The number of hydrogen-bond acceptors (Lipinski definition) is 6. The number of amides is 2. The minimum absolute atomic E-state index is 0.0681. The van der Waals surface area contributed by atoms with Crippen molar-refractivity contribution in [3.05, 3.63) is 107 Å². The minimum atomic E-state index is -0.595. The van der Waals surface area contributed by atoms with Crippen LogP contribution >= 0.6 is 0 Å². The van der Waals surface area contributed by atoms with E-state index in [1.165, 1.54) is 42.4 Å². The summed E-state index contributed by atoms with van der Waals surface area (Å²) in [6.45, 7) is 0. The molecule has 4 aromatic rings. The van der Waals surface area contributed by atoms with Crippen molar-refractivity contribution >= 4 is 28.9 Å². The predicted octanol–water partition coefficient (Wildman–Crippen LogP) is 4.29. The number of hydrogen-bond donors (Lipinski definition) is 2. The van der Waals surface area contributed by atoms with Gasteiger partial charge in [0.05, 0.1) is 29.6 Å². The Bertz CT molecular complexity index is 1370. The maximum Gasteiger partial charge on any atom is 0.294 e. The molecule has 0 bridgehead atoms. The quantitative estimate of drug-likeness (QED) is 0.315. The Morgan fingerprint density at radius 3 is 2.56 bits per heavy atom. The predicted molar refractivity (Wildman–Crippen MR) is 126 cm³/mol. The Morgan fingerprint density at radius 1 is 1.00 bits per heavy atom. The largest absolute Gasteiger partial charge is 0.497 e. The number of aromatic nitrogens is 2. The summed E-state index contributed by atoms with van der Waals surface area (Å²) in [6.07, 6.45) is 4.50. The number of nitrogens with zero attached hydrogens (tertiary/aromatic N) is 3. The van der Waals surface area contributed by atoms with Gasteiger partial charge in [-0.2, -0.15) is 0 Å². The van der Waals surface area contributed by atoms with E-state index in [9.17, 15) is 19.7 Å². The summed E-state index contributed by atoms with van der Waals surface area (Å²) in [5, 5.41) is 17.0. The first kappa shape index (κ1) is 22.2. The molecule has 4 rings (SSSR count). The zero-order chi connectivity index (χ0) is 24.1. The number of carbonyl (C=O) groups is 2. The summed E-state index contributed by atoms with van der Waals surface area (Å²) in [4.78, 5) is 40.7. The van der Waals surface area contributed by atoms with Crippen LogP contribution in [0.15, 0.2) is 85.5 Å². The Labute approximate surface area is 194 Å². The number of para-hydroxylation sites is 1. The van der Waals surface area contributed by atoms with Crippen LogP contribution in [0.25, 0.3) is 5.69 Å². The highest BCUT2D eigenvalue weighted by Gasteiger charge is 2.20. The molecular weight excluding hydrogens is 438 g/mol. The fourth-order valence-electron chi connectivity index (χ4n) is 3.31. The zero-order valence-electron chi connectivity index (χ0n) is 18.0. The van der Waals surface area contributed by atoms with Crippen LogP contribution in [0.2, 0.25) is 0 Å². The van der Waals surface area contributed by atoms with Gasteiger partial charge in [-0.05, 0) is 36.4 Å². The molecular formula is C24H19N5O5. The second kappa shape index (κ2) is 9.65. The van der Waals surface area contributed by atoms with Crippen molar-refractivity contribution in [2.75, 3.05) is 17.7 Å². The Morgan fingerprint density at radius 2 is 1.82 bits per heavy atom. The molecule has 0 aliphatic rings. The van der Waals surface area contributed by atoms with E-state index in [0.717, 1.165) is 0 Å². The number of imidazole rings is 1. The van der Waals surface area contributed by atoms with Crippen LogP contribution < -0.4 is 15.4 Å². The second-order valence-electron chi connectivity index (χ2n) is 7.12. The van der Waals surface area contributed by atoms with Crippen LogP contribution in [0, 0.1) is 10.1 Å². The monoisotopic (exact) mass is 457 g/mol. The third-order valence-corrected chi connectivity index (χ3v) is 4.96. The van der Waals surface area contributed by atoms with E-state index in [0.29, 0.717) is 11.4 Å². The molecule has 0 unspecified atom stereocenters. The highest BCUT2D eigenvalue weighted by atomic mass is 16.6. The normalized spacial score (nSPS) is 10.4. The highest BCUT2D eigenvalue weighted by Crippen LogP contribution is 2.26. The first-order valence-electron chi connectivity index (χ1n) is 10.1. The van der Waals surface area contributed by atoms with E-state index >= 15 is 0 Å². The Hall–Kier alpha value is -4.99. The number of nitro benzene ring substituents is 1. The highest BCUT2D eigenvalue weighted by molar-refractivity contribution is 6.12. The Balaban J connectivity index is 1.58. The van der Waals surface area contributed by atoms with Crippen molar-refractivity contribution in [2.24, 2.45) is 0 Å². The van der Waals surface area contributed by atoms with Gasteiger partial charge in [0.2, 0.25) is 0 Å². The molecule has 10 nitrogen and oxygen atoms in total. The molecule has 0 fully saturated rings. The molecule has 2 N–H and O–H groups in total. The number of rotatable bonds is 7. The van der Waals surface area contributed by atoms with Gasteiger partial charge >= 0.3 is 0 Å². The van der Waals surface area contributed by atoms with E-state index in [1.807, 2.05) is 0 Å². The summed E-state index contributed by atoms with van der Waals surface area (Å²) >= 11 is 0. The summed E-state index contributed by atoms with van der Waals surface area (Å²) in [7, 11) is 1.53. The van der Waals surface area contributed by atoms with E-state index in [-0.39, 0.29) is 28.2 Å². The number of nitrogens with one attached hydrogen (secondary N) is 2. The summed E-state index contributed by atoms with van der Waals surface area (Å²) in [5.74, 6) is -0.451. The number of nitro groups is 1. The molecule has 0 saturated heterocycles. The molecule has 0 spiro atoms. The topological polar surface area (TPSA) is 128 Å². The zero-order valence-corrected chi connectivity index (χ0v) is 18.0. The molecule has 10 heteroatoms. The number of methoxy groups -OCH3 is 1. The standard InChI is InChI=1S/C24H19N5O5/c1-34-18-6-4-5-17(14-18)26-24(31)19-7-2-3-8-20(19)27-23(30)16-9-10-21(22(13-16)29(32)33)28-12-11-25-15-28/h2-15H,1H3,(H,26,31)(H,27,30). The van der Waals surface area contributed by atoms with Crippen molar-refractivity contribution in [3.63, 3.8) is 0 Å². The van der Waals surface area contributed by atoms with Gasteiger partial charge in [-0.1, -0.05) is 18.2 Å². The molecule has 0 saturated carbocycles. The van der Waals surface area contributed by atoms with Gasteiger partial charge < -0.3 is 19.9 Å². The molecule has 34 heavy (non-hydrogen) atoms. The average molecular weight is 457 g/mol. The smallest absolute Gasteiger partial charge is 0.294 e. The molecule has 2 amide bonds. The fourth-order valence-corrected chi connectivity index (χ4v) is 3.31. The lowest BCUT2D eigenvalue weighted by atomic mass is 10.1. The third kappa shape index (κ3) is 4.75. The summed E-state index contributed by atoms with van der Waals surface area (Å²) in [6, 6.07) is 17.5. The molecule has 1 aromatic heterocycles. The maximum absolute atomic E-state index is 12.9. The van der Waals surface area contributed by atoms with Crippen molar-refractivity contribution < 1.29 is 19.2 Å². The van der Waals surface area contributed by atoms with E-state index in [2.05, 4.69) is 15.6 Å². The molecule has 0 aliphatic carbocycles. The van der Waals surface area contributed by atoms with Crippen LogP contribution in [0.1, 0.15) is 20.7 Å². The third-order valence-electron chi connectivity index (χ3n) is 4.96. The molecule has 3 aromatic carbocycles. The van der Waals surface area contributed by atoms with Gasteiger partial charge in [0.25, 0.3) is 17.5 Å². The van der Waals surface area contributed by atoms with Gasteiger partial charge in [-0.25, -0.2) is 4.98 Å². The number of benzene rings is 3. The van der Waals surface area contributed by atoms with Crippen LogP contribution in [-0.2, 0) is 0 Å². The molecule has 1 heterocycles. The molecule has 170 valence electrons.